The van der Waals surface area contributed by atoms with Gasteiger partial charge in [0.15, 0.2) is 5.82 Å². The second-order valence-electron chi connectivity index (χ2n) is 5.51. The molecule has 2 aromatic heterocycles. The molecule has 0 aliphatic carbocycles. The Bertz CT molecular complexity index is 994. The third-order valence-corrected chi connectivity index (χ3v) is 5.27. The molecule has 25 heavy (non-hydrogen) atoms. The summed E-state index contributed by atoms with van der Waals surface area (Å²) in [6, 6.07) is 7.90. The molecule has 132 valence electrons. The number of hydrogen-bond donors (Lipinski definition) is 1. The Morgan fingerprint density at radius 3 is 2.68 bits per heavy atom. The second-order valence-corrected chi connectivity index (χ2v) is 7.16. The standard InChI is InChI=1S/C16H18FN5O2S/c1-3-22-12(2)15(10-18-22)25(23,24)20-16-8-9-21(19-16)11-13-6-4-5-7-14(13)17/h4-10H,3,11H2,1-2H3,(H,19,20). The Kier molecular flexibility index (Phi) is 4.58. The van der Waals surface area contributed by atoms with Gasteiger partial charge in [-0.05, 0) is 19.9 Å². The van der Waals surface area contributed by atoms with E-state index in [1.54, 1.807) is 36.0 Å². The van der Waals surface area contributed by atoms with Gasteiger partial charge in [-0.25, -0.2) is 12.8 Å². The molecule has 0 atom stereocenters. The van der Waals surface area contributed by atoms with Gasteiger partial charge < -0.3 is 0 Å². The molecular weight excluding hydrogens is 345 g/mol. The van der Waals surface area contributed by atoms with Crippen LogP contribution in [0.1, 0.15) is 18.2 Å². The number of nitrogens with zero attached hydrogens (tertiary/aromatic N) is 4. The zero-order valence-electron chi connectivity index (χ0n) is 13.8. The van der Waals surface area contributed by atoms with Crippen LogP contribution in [0.15, 0.2) is 47.6 Å². The van der Waals surface area contributed by atoms with Gasteiger partial charge in [-0.2, -0.15) is 10.2 Å². The molecule has 0 bridgehead atoms. The molecule has 0 fully saturated rings. The summed E-state index contributed by atoms with van der Waals surface area (Å²) in [4.78, 5) is 0.109. The average molecular weight is 363 g/mol. The first-order valence-corrected chi connectivity index (χ1v) is 9.21. The van der Waals surface area contributed by atoms with E-state index in [1.807, 2.05) is 6.92 Å². The monoisotopic (exact) mass is 363 g/mol. The normalized spacial score (nSPS) is 11.6. The minimum Gasteiger partial charge on any atom is -0.269 e. The minimum absolute atomic E-state index is 0.109. The molecule has 0 spiro atoms. The van der Waals surface area contributed by atoms with Gasteiger partial charge in [0.1, 0.15) is 10.7 Å². The number of aromatic nitrogens is 4. The lowest BCUT2D eigenvalue weighted by Crippen LogP contribution is -2.15. The number of anilines is 1. The molecule has 2 heterocycles. The van der Waals surface area contributed by atoms with Crippen LogP contribution in [0.2, 0.25) is 0 Å². The second kappa shape index (κ2) is 6.67. The maximum absolute atomic E-state index is 13.7. The summed E-state index contributed by atoms with van der Waals surface area (Å²) in [6.07, 6.45) is 2.91. The number of aryl methyl sites for hydroxylation is 1. The highest BCUT2D eigenvalue weighted by molar-refractivity contribution is 7.92. The largest absolute Gasteiger partial charge is 0.269 e. The van der Waals surface area contributed by atoms with E-state index in [4.69, 9.17) is 0 Å². The van der Waals surface area contributed by atoms with Crippen LogP contribution in [0.4, 0.5) is 10.2 Å². The summed E-state index contributed by atoms with van der Waals surface area (Å²) in [7, 11) is -3.78. The van der Waals surface area contributed by atoms with Crippen LogP contribution in [0.5, 0.6) is 0 Å². The molecule has 7 nitrogen and oxygen atoms in total. The maximum Gasteiger partial charge on any atom is 0.266 e. The van der Waals surface area contributed by atoms with E-state index >= 15 is 0 Å². The average Bonchev–Trinajstić information content (AvgIpc) is 3.15. The van der Waals surface area contributed by atoms with Gasteiger partial charge in [0.2, 0.25) is 0 Å². The lowest BCUT2D eigenvalue weighted by Gasteiger charge is -2.06. The third kappa shape index (κ3) is 3.55. The first-order valence-electron chi connectivity index (χ1n) is 7.73. The van der Waals surface area contributed by atoms with Crippen molar-refractivity contribution in [2.75, 3.05) is 4.72 Å². The van der Waals surface area contributed by atoms with Gasteiger partial charge in [-0.15, -0.1) is 0 Å². The summed E-state index contributed by atoms with van der Waals surface area (Å²) in [5.74, 6) is -0.164. The van der Waals surface area contributed by atoms with Crippen molar-refractivity contribution in [2.24, 2.45) is 0 Å². The Balaban J connectivity index is 1.78. The third-order valence-electron chi connectivity index (χ3n) is 3.82. The van der Waals surface area contributed by atoms with Crippen LogP contribution in [-0.2, 0) is 23.1 Å². The number of rotatable bonds is 6. The first-order chi connectivity index (χ1) is 11.9. The molecule has 0 aliphatic heterocycles. The van der Waals surface area contributed by atoms with Crippen molar-refractivity contribution in [3.05, 3.63) is 59.8 Å². The Morgan fingerprint density at radius 2 is 2.00 bits per heavy atom. The highest BCUT2D eigenvalue weighted by Gasteiger charge is 2.21. The van der Waals surface area contributed by atoms with Gasteiger partial charge in [-0.1, -0.05) is 18.2 Å². The van der Waals surface area contributed by atoms with Crippen molar-refractivity contribution in [2.45, 2.75) is 31.8 Å². The topological polar surface area (TPSA) is 81.8 Å². The summed E-state index contributed by atoms with van der Waals surface area (Å²) in [5, 5.41) is 8.19. The number of hydrogen-bond acceptors (Lipinski definition) is 4. The Morgan fingerprint density at radius 1 is 1.24 bits per heavy atom. The molecule has 0 aliphatic rings. The highest BCUT2D eigenvalue weighted by atomic mass is 32.2. The summed E-state index contributed by atoms with van der Waals surface area (Å²) >= 11 is 0. The summed E-state index contributed by atoms with van der Waals surface area (Å²) < 4.78 is 44.2. The van der Waals surface area contributed by atoms with Crippen LogP contribution in [0, 0.1) is 12.7 Å². The summed E-state index contributed by atoms with van der Waals surface area (Å²) in [5.41, 5.74) is 1.03. The molecule has 0 radical (unpaired) electrons. The predicted octanol–water partition coefficient (Wildman–Crippen LogP) is 2.40. The van der Waals surface area contributed by atoms with Gasteiger partial charge >= 0.3 is 0 Å². The van der Waals surface area contributed by atoms with E-state index < -0.39 is 10.0 Å². The quantitative estimate of drug-likeness (QED) is 0.729. The van der Waals surface area contributed by atoms with Crippen LogP contribution in [0.3, 0.4) is 0 Å². The number of halogens is 1. The SMILES string of the molecule is CCn1ncc(S(=O)(=O)Nc2ccn(Cc3ccccc3F)n2)c1C. The maximum atomic E-state index is 13.7. The molecule has 3 rings (SSSR count). The van der Waals surface area contributed by atoms with E-state index in [0.717, 1.165) is 0 Å². The van der Waals surface area contributed by atoms with Gasteiger partial charge in [-0.3, -0.25) is 14.1 Å². The molecule has 1 aromatic carbocycles. The molecule has 9 heteroatoms. The van der Waals surface area contributed by atoms with Crippen molar-refractivity contribution in [3.63, 3.8) is 0 Å². The molecule has 0 saturated carbocycles. The fourth-order valence-corrected chi connectivity index (χ4v) is 3.68. The molecule has 3 aromatic rings. The minimum atomic E-state index is -3.78. The fraction of sp³-hybridized carbons (Fsp3) is 0.250. The van der Waals surface area contributed by atoms with Crippen molar-refractivity contribution >= 4 is 15.8 Å². The number of nitrogens with one attached hydrogen (secondary N) is 1. The Hall–Kier alpha value is -2.68. The van der Waals surface area contributed by atoms with Crippen molar-refractivity contribution < 1.29 is 12.8 Å². The molecule has 0 unspecified atom stereocenters. The zero-order chi connectivity index (χ0) is 18.0. The van der Waals surface area contributed by atoms with E-state index in [1.165, 1.54) is 23.0 Å². The van der Waals surface area contributed by atoms with Crippen molar-refractivity contribution in [1.29, 1.82) is 0 Å². The van der Waals surface area contributed by atoms with Crippen LogP contribution >= 0.6 is 0 Å². The van der Waals surface area contributed by atoms with Gasteiger partial charge in [0, 0.05) is 24.4 Å². The summed E-state index contributed by atoms with van der Waals surface area (Å²) in [6.45, 7) is 4.37. The van der Waals surface area contributed by atoms with Crippen molar-refractivity contribution in [1.82, 2.24) is 19.6 Å². The van der Waals surface area contributed by atoms with Gasteiger partial charge in [0.05, 0.1) is 18.4 Å². The van der Waals surface area contributed by atoms with Crippen molar-refractivity contribution in [3.8, 4) is 0 Å². The smallest absolute Gasteiger partial charge is 0.266 e. The highest BCUT2D eigenvalue weighted by Crippen LogP contribution is 2.18. The van der Waals surface area contributed by atoms with E-state index in [0.29, 0.717) is 17.8 Å². The van der Waals surface area contributed by atoms with Crippen LogP contribution in [0.25, 0.3) is 0 Å². The Labute approximate surface area is 145 Å². The fourth-order valence-electron chi connectivity index (χ4n) is 2.51. The van der Waals surface area contributed by atoms with Crippen LogP contribution in [-0.4, -0.2) is 28.0 Å². The first kappa shape index (κ1) is 17.2. The molecule has 0 amide bonds. The molecule has 1 N–H and O–H groups in total. The van der Waals surface area contributed by atoms with Gasteiger partial charge in [0.25, 0.3) is 10.0 Å². The lowest BCUT2D eigenvalue weighted by atomic mass is 10.2. The predicted molar refractivity (Wildman–Crippen MR) is 91.2 cm³/mol. The van der Waals surface area contributed by atoms with E-state index in [-0.39, 0.29) is 23.1 Å². The zero-order valence-corrected chi connectivity index (χ0v) is 14.7. The van der Waals surface area contributed by atoms with Crippen LogP contribution < -0.4 is 4.72 Å². The molecular formula is C16H18FN5O2S. The van der Waals surface area contributed by atoms with E-state index in [2.05, 4.69) is 14.9 Å². The lowest BCUT2D eigenvalue weighted by molar-refractivity contribution is 0.585. The molecule has 0 saturated heterocycles. The number of benzene rings is 1. The number of sulfonamides is 1. The van der Waals surface area contributed by atoms with E-state index in [9.17, 15) is 12.8 Å².